The highest BCUT2D eigenvalue weighted by Crippen LogP contribution is 2.38. The predicted molar refractivity (Wildman–Crippen MR) is 81.2 cm³/mol. The van der Waals surface area contributed by atoms with Crippen molar-refractivity contribution >= 4 is 14.3 Å². The summed E-state index contributed by atoms with van der Waals surface area (Å²) in [5.41, 5.74) is 0. The molecule has 0 amide bonds. The zero-order valence-corrected chi connectivity index (χ0v) is 14.9. The van der Waals surface area contributed by atoms with Gasteiger partial charge in [0.1, 0.15) is 0 Å². The van der Waals surface area contributed by atoms with E-state index < -0.39 is 8.32 Å². The second-order valence-electron chi connectivity index (χ2n) is 6.56. The molecule has 6 heteroatoms. The zero-order chi connectivity index (χ0) is 16.0. The van der Waals surface area contributed by atoms with Gasteiger partial charge in [0.15, 0.2) is 8.32 Å². The van der Waals surface area contributed by atoms with Crippen LogP contribution in [0.5, 0.6) is 0 Å². The molecule has 120 valence electrons. The van der Waals surface area contributed by atoms with Crippen LogP contribution < -0.4 is 0 Å². The third-order valence-electron chi connectivity index (χ3n) is 3.95. The standard InChI is InChI=1S/C14H30O5Si/c1-14(2,3)20(6,7)19-11(9-13(16)18-5)8-12(10-15)17-4/h11-12,15H,8-10H2,1-7H3/t11-,12+/m0/s1. The number of esters is 1. The Balaban J connectivity index is 4.89. The quantitative estimate of drug-likeness (QED) is 0.551. The van der Waals surface area contributed by atoms with Crippen molar-refractivity contribution in [2.75, 3.05) is 20.8 Å². The molecule has 0 spiro atoms. The largest absolute Gasteiger partial charge is 0.469 e. The molecule has 0 aliphatic carbocycles. The van der Waals surface area contributed by atoms with Crippen LogP contribution in [0.4, 0.5) is 0 Å². The molecule has 0 aliphatic rings. The Labute approximate surface area is 123 Å². The first-order chi connectivity index (χ1) is 9.07. The molecule has 20 heavy (non-hydrogen) atoms. The molecule has 2 atom stereocenters. The number of hydrogen-bond donors (Lipinski definition) is 1. The van der Waals surface area contributed by atoms with Gasteiger partial charge in [0.2, 0.25) is 0 Å². The predicted octanol–water partition coefficient (Wildman–Crippen LogP) is 2.34. The first-order valence-electron chi connectivity index (χ1n) is 6.95. The highest BCUT2D eigenvalue weighted by atomic mass is 28.4. The fraction of sp³-hybridized carbons (Fsp3) is 0.929. The van der Waals surface area contributed by atoms with Gasteiger partial charge in [-0.1, -0.05) is 20.8 Å². The van der Waals surface area contributed by atoms with Gasteiger partial charge in [-0.2, -0.15) is 0 Å². The summed E-state index contributed by atoms with van der Waals surface area (Å²) in [7, 11) is 0.926. The zero-order valence-electron chi connectivity index (χ0n) is 13.9. The average Bonchev–Trinajstić information content (AvgIpc) is 2.33. The fourth-order valence-corrected chi connectivity index (χ4v) is 2.94. The summed E-state index contributed by atoms with van der Waals surface area (Å²) in [6, 6.07) is 0. The van der Waals surface area contributed by atoms with Crippen molar-refractivity contribution in [3.63, 3.8) is 0 Å². The molecule has 0 aromatic rings. The highest BCUT2D eigenvalue weighted by Gasteiger charge is 2.40. The highest BCUT2D eigenvalue weighted by molar-refractivity contribution is 6.74. The van der Waals surface area contributed by atoms with Crippen LogP contribution in [-0.4, -0.2) is 52.4 Å². The van der Waals surface area contributed by atoms with Gasteiger partial charge in [0, 0.05) is 13.5 Å². The molecule has 0 saturated heterocycles. The minimum Gasteiger partial charge on any atom is -0.469 e. The van der Waals surface area contributed by atoms with Crippen molar-refractivity contribution in [3.8, 4) is 0 Å². The van der Waals surface area contributed by atoms with Crippen LogP contribution in [0.25, 0.3) is 0 Å². The van der Waals surface area contributed by atoms with E-state index in [0.29, 0.717) is 6.42 Å². The summed E-state index contributed by atoms with van der Waals surface area (Å²) in [6.07, 6.45) is 0.0483. The molecular formula is C14H30O5Si. The minimum atomic E-state index is -1.98. The molecule has 0 aliphatic heterocycles. The normalized spacial score (nSPS) is 15.8. The Hall–Kier alpha value is -0.433. The number of ether oxygens (including phenoxy) is 2. The Bertz CT molecular complexity index is 294. The van der Waals surface area contributed by atoms with E-state index in [1.807, 2.05) is 0 Å². The van der Waals surface area contributed by atoms with Crippen LogP contribution in [0.3, 0.4) is 0 Å². The first kappa shape index (κ1) is 19.6. The first-order valence-corrected chi connectivity index (χ1v) is 9.86. The summed E-state index contributed by atoms with van der Waals surface area (Å²) < 4.78 is 16.2. The van der Waals surface area contributed by atoms with Crippen molar-refractivity contribution in [2.24, 2.45) is 0 Å². The lowest BCUT2D eigenvalue weighted by molar-refractivity contribution is -0.143. The Morgan fingerprint density at radius 3 is 2.10 bits per heavy atom. The molecule has 0 saturated carbocycles. The van der Waals surface area contributed by atoms with Gasteiger partial charge in [0.05, 0.1) is 32.3 Å². The lowest BCUT2D eigenvalue weighted by Crippen LogP contribution is -2.45. The Morgan fingerprint density at radius 1 is 1.20 bits per heavy atom. The number of rotatable bonds is 8. The van der Waals surface area contributed by atoms with E-state index in [1.54, 1.807) is 7.11 Å². The van der Waals surface area contributed by atoms with Gasteiger partial charge in [-0.15, -0.1) is 0 Å². The van der Waals surface area contributed by atoms with Gasteiger partial charge in [-0.3, -0.25) is 4.79 Å². The maximum Gasteiger partial charge on any atom is 0.308 e. The average molecular weight is 306 g/mol. The van der Waals surface area contributed by atoms with E-state index >= 15 is 0 Å². The number of aliphatic hydroxyl groups excluding tert-OH is 1. The van der Waals surface area contributed by atoms with E-state index in [-0.39, 0.29) is 36.2 Å². The van der Waals surface area contributed by atoms with Crippen molar-refractivity contribution < 1.29 is 23.8 Å². The van der Waals surface area contributed by atoms with Gasteiger partial charge in [0.25, 0.3) is 0 Å². The van der Waals surface area contributed by atoms with Gasteiger partial charge < -0.3 is 19.0 Å². The number of methoxy groups -OCH3 is 2. The molecule has 0 bridgehead atoms. The van der Waals surface area contributed by atoms with E-state index in [2.05, 4.69) is 33.9 Å². The topological polar surface area (TPSA) is 65.0 Å². The van der Waals surface area contributed by atoms with Gasteiger partial charge >= 0.3 is 5.97 Å². The van der Waals surface area contributed by atoms with Crippen LogP contribution >= 0.6 is 0 Å². The summed E-state index contributed by atoms with van der Waals surface area (Å²) in [5, 5.41) is 9.30. The SMILES string of the molecule is COC(=O)C[C@H](C[C@H](CO)OC)O[Si](C)(C)C(C)(C)C. The van der Waals surface area contributed by atoms with Crippen molar-refractivity contribution in [3.05, 3.63) is 0 Å². The van der Waals surface area contributed by atoms with E-state index in [9.17, 15) is 9.90 Å². The van der Waals surface area contributed by atoms with Crippen molar-refractivity contribution in [2.45, 2.75) is 64.0 Å². The molecule has 5 nitrogen and oxygen atoms in total. The Morgan fingerprint density at radius 2 is 1.75 bits per heavy atom. The molecule has 1 N–H and O–H groups in total. The van der Waals surface area contributed by atoms with Crippen LogP contribution in [0.2, 0.25) is 18.1 Å². The maximum absolute atomic E-state index is 11.5. The summed E-state index contributed by atoms with van der Waals surface area (Å²) in [5.74, 6) is -0.304. The van der Waals surface area contributed by atoms with Crippen LogP contribution in [0, 0.1) is 0 Å². The van der Waals surface area contributed by atoms with Crippen molar-refractivity contribution in [1.29, 1.82) is 0 Å². The Kier molecular flexibility index (Phi) is 7.94. The van der Waals surface area contributed by atoms with Crippen LogP contribution in [-0.2, 0) is 18.7 Å². The van der Waals surface area contributed by atoms with Gasteiger partial charge in [-0.25, -0.2) is 0 Å². The smallest absolute Gasteiger partial charge is 0.308 e. The second-order valence-corrected chi connectivity index (χ2v) is 11.3. The lowest BCUT2D eigenvalue weighted by atomic mass is 10.1. The molecule has 0 fully saturated rings. The molecule has 0 aromatic carbocycles. The monoisotopic (exact) mass is 306 g/mol. The molecule has 0 radical (unpaired) electrons. The fourth-order valence-electron chi connectivity index (χ4n) is 1.57. The molecule has 0 heterocycles. The number of carbonyl (C=O) groups is 1. The molecule has 0 aromatic heterocycles. The summed E-state index contributed by atoms with van der Waals surface area (Å²) >= 11 is 0. The van der Waals surface area contributed by atoms with Crippen LogP contribution in [0.1, 0.15) is 33.6 Å². The second kappa shape index (κ2) is 8.12. The maximum atomic E-state index is 11.5. The lowest BCUT2D eigenvalue weighted by Gasteiger charge is -2.39. The number of carbonyl (C=O) groups excluding carboxylic acids is 1. The molecular weight excluding hydrogens is 276 g/mol. The number of aliphatic hydroxyl groups is 1. The van der Waals surface area contributed by atoms with E-state index in [0.717, 1.165) is 0 Å². The van der Waals surface area contributed by atoms with Crippen molar-refractivity contribution in [1.82, 2.24) is 0 Å². The summed E-state index contributed by atoms with van der Waals surface area (Å²) in [4.78, 5) is 11.5. The molecule has 0 rings (SSSR count). The van der Waals surface area contributed by atoms with Gasteiger partial charge in [-0.05, 0) is 18.1 Å². The molecule has 0 unspecified atom stereocenters. The van der Waals surface area contributed by atoms with E-state index in [1.165, 1.54) is 7.11 Å². The minimum absolute atomic E-state index is 0.0587. The number of hydrogen-bond acceptors (Lipinski definition) is 5. The third kappa shape index (κ3) is 6.34. The summed E-state index contributed by atoms with van der Waals surface area (Å²) in [6.45, 7) is 10.6. The third-order valence-corrected chi connectivity index (χ3v) is 8.49. The van der Waals surface area contributed by atoms with E-state index in [4.69, 9.17) is 13.9 Å². The van der Waals surface area contributed by atoms with Crippen LogP contribution in [0.15, 0.2) is 0 Å².